The molecule has 0 saturated heterocycles. The van der Waals surface area contributed by atoms with E-state index in [2.05, 4.69) is 5.32 Å². The topological polar surface area (TPSA) is 80.6 Å². The highest BCUT2D eigenvalue weighted by Crippen LogP contribution is 2.30. The molecule has 0 heterocycles. The van der Waals surface area contributed by atoms with Gasteiger partial charge in [-0.3, -0.25) is 4.79 Å². The number of ether oxygens (including phenoxy) is 3. The van der Waals surface area contributed by atoms with Gasteiger partial charge in [0, 0.05) is 17.5 Å². The van der Waals surface area contributed by atoms with Crippen LogP contribution in [0.1, 0.15) is 18.4 Å². The number of hydrogen-bond acceptors (Lipinski definition) is 5. The van der Waals surface area contributed by atoms with Gasteiger partial charge in [0.25, 0.3) is 0 Å². The number of nitrogens with one attached hydrogen (secondary N) is 1. The number of nitriles is 1. The van der Waals surface area contributed by atoms with Crippen LogP contribution >= 0.6 is 11.6 Å². The van der Waals surface area contributed by atoms with E-state index in [1.54, 1.807) is 12.1 Å². The zero-order valence-electron chi connectivity index (χ0n) is 15.9. The quantitative estimate of drug-likeness (QED) is 0.555. The number of methoxy groups -OCH3 is 1. The molecule has 0 fully saturated rings. The average molecular weight is 443 g/mol. The Morgan fingerprint density at radius 1 is 1.13 bits per heavy atom. The summed E-state index contributed by atoms with van der Waals surface area (Å²) in [5.41, 5.74) is 0.468. The summed E-state index contributed by atoms with van der Waals surface area (Å²) in [6.45, 7) is -1.31. The first-order valence-corrected chi connectivity index (χ1v) is 9.09. The molecule has 10 heteroatoms. The number of nitrogens with zero attached hydrogens (tertiary/aromatic N) is 1. The molecule has 1 N–H and O–H groups in total. The van der Waals surface area contributed by atoms with Crippen LogP contribution in [0.4, 0.5) is 18.9 Å². The minimum Gasteiger partial charge on any atom is -0.493 e. The Bertz CT molecular complexity index is 929. The second-order valence-electron chi connectivity index (χ2n) is 6.02. The molecule has 160 valence electrons. The van der Waals surface area contributed by atoms with Gasteiger partial charge >= 0.3 is 6.18 Å². The van der Waals surface area contributed by atoms with Crippen LogP contribution in [0.15, 0.2) is 36.4 Å². The van der Waals surface area contributed by atoms with Crippen LogP contribution in [-0.4, -0.2) is 32.4 Å². The van der Waals surface area contributed by atoms with Crippen LogP contribution in [0.5, 0.6) is 17.2 Å². The van der Waals surface area contributed by atoms with Crippen molar-refractivity contribution in [2.45, 2.75) is 19.0 Å². The fourth-order valence-electron chi connectivity index (χ4n) is 2.37. The van der Waals surface area contributed by atoms with E-state index in [4.69, 9.17) is 31.1 Å². The van der Waals surface area contributed by atoms with E-state index >= 15 is 0 Å². The molecule has 0 aliphatic heterocycles. The first kappa shape index (κ1) is 23.2. The first-order valence-electron chi connectivity index (χ1n) is 8.71. The molecule has 0 radical (unpaired) electrons. The third kappa shape index (κ3) is 7.37. The maximum absolute atomic E-state index is 12.4. The highest BCUT2D eigenvalue weighted by molar-refractivity contribution is 6.31. The summed E-state index contributed by atoms with van der Waals surface area (Å²) in [6.07, 6.45) is -4.14. The van der Waals surface area contributed by atoms with Gasteiger partial charge in [-0.1, -0.05) is 11.6 Å². The van der Waals surface area contributed by atoms with E-state index in [9.17, 15) is 18.0 Å². The van der Waals surface area contributed by atoms with Gasteiger partial charge < -0.3 is 19.5 Å². The van der Waals surface area contributed by atoms with Gasteiger partial charge in [0.2, 0.25) is 5.91 Å². The lowest BCUT2D eigenvalue weighted by atomic mass is 10.2. The summed E-state index contributed by atoms with van der Waals surface area (Å²) in [5.74, 6) is 0.242. The molecule has 6 nitrogen and oxygen atoms in total. The predicted molar refractivity (Wildman–Crippen MR) is 104 cm³/mol. The maximum atomic E-state index is 12.4. The monoisotopic (exact) mass is 442 g/mol. The zero-order chi connectivity index (χ0) is 22.1. The lowest BCUT2D eigenvalue weighted by Crippen LogP contribution is -2.20. The van der Waals surface area contributed by atoms with Crippen molar-refractivity contribution >= 4 is 23.2 Å². The number of carbonyl (C=O) groups is 1. The Balaban J connectivity index is 1.88. The van der Waals surface area contributed by atoms with Crippen molar-refractivity contribution in [2.75, 3.05) is 25.6 Å². The SMILES string of the molecule is COc1cc(C#N)ccc1OCCCC(=O)Nc1cc(Cl)ccc1OCC(F)(F)F. The Kier molecular flexibility index (Phi) is 8.18. The molecule has 0 unspecified atom stereocenters. The molecule has 2 aromatic rings. The van der Waals surface area contributed by atoms with Crippen molar-refractivity contribution in [1.29, 1.82) is 5.26 Å². The van der Waals surface area contributed by atoms with Gasteiger partial charge in [-0.2, -0.15) is 18.4 Å². The van der Waals surface area contributed by atoms with Crippen molar-refractivity contribution in [3.8, 4) is 23.3 Å². The smallest absolute Gasteiger partial charge is 0.422 e. The molecule has 30 heavy (non-hydrogen) atoms. The van der Waals surface area contributed by atoms with E-state index in [-0.39, 0.29) is 29.5 Å². The fraction of sp³-hybridized carbons (Fsp3) is 0.300. The number of anilines is 1. The van der Waals surface area contributed by atoms with Crippen LogP contribution in [0.3, 0.4) is 0 Å². The van der Waals surface area contributed by atoms with E-state index in [0.717, 1.165) is 0 Å². The minimum absolute atomic E-state index is 0.0455. The number of benzene rings is 2. The molecule has 0 aliphatic carbocycles. The third-order valence-electron chi connectivity index (χ3n) is 3.71. The predicted octanol–water partition coefficient (Wildman–Crippen LogP) is 4.96. The summed E-state index contributed by atoms with van der Waals surface area (Å²) >= 11 is 5.85. The molecule has 0 spiro atoms. The Hall–Kier alpha value is -3.12. The van der Waals surface area contributed by atoms with Gasteiger partial charge in [-0.25, -0.2) is 0 Å². The lowest BCUT2D eigenvalue weighted by Gasteiger charge is -2.14. The van der Waals surface area contributed by atoms with Crippen molar-refractivity contribution in [1.82, 2.24) is 0 Å². The summed E-state index contributed by atoms with van der Waals surface area (Å²) < 4.78 is 52.6. The van der Waals surface area contributed by atoms with Gasteiger partial charge in [0.1, 0.15) is 5.75 Å². The van der Waals surface area contributed by atoms with Crippen LogP contribution in [0, 0.1) is 11.3 Å². The van der Waals surface area contributed by atoms with Crippen molar-refractivity contribution < 1.29 is 32.2 Å². The average Bonchev–Trinajstić information content (AvgIpc) is 2.70. The Labute approximate surface area is 176 Å². The molecule has 0 atom stereocenters. The number of alkyl halides is 3. The van der Waals surface area contributed by atoms with Gasteiger partial charge in [-0.05, 0) is 36.8 Å². The number of halogens is 4. The fourth-order valence-corrected chi connectivity index (χ4v) is 2.54. The second kappa shape index (κ2) is 10.6. The summed E-state index contributed by atoms with van der Waals surface area (Å²) in [7, 11) is 1.44. The normalized spacial score (nSPS) is 10.8. The molecule has 2 rings (SSSR count). The zero-order valence-corrected chi connectivity index (χ0v) is 16.6. The van der Waals surface area contributed by atoms with Crippen molar-refractivity contribution in [3.05, 3.63) is 47.0 Å². The van der Waals surface area contributed by atoms with Gasteiger partial charge in [0.05, 0.1) is 31.0 Å². The summed E-state index contributed by atoms with van der Waals surface area (Å²) in [5, 5.41) is 11.6. The van der Waals surface area contributed by atoms with Crippen LogP contribution in [0.2, 0.25) is 5.02 Å². The van der Waals surface area contributed by atoms with E-state index in [1.165, 1.54) is 31.4 Å². The molecule has 2 aromatic carbocycles. The molecular formula is C20H18ClF3N2O4. The van der Waals surface area contributed by atoms with Crippen LogP contribution in [0.25, 0.3) is 0 Å². The molecule has 0 saturated carbocycles. The van der Waals surface area contributed by atoms with E-state index in [1.807, 2.05) is 6.07 Å². The molecular weight excluding hydrogens is 425 g/mol. The van der Waals surface area contributed by atoms with E-state index < -0.39 is 18.7 Å². The minimum atomic E-state index is -4.51. The van der Waals surface area contributed by atoms with Crippen molar-refractivity contribution in [3.63, 3.8) is 0 Å². The molecule has 0 aromatic heterocycles. The maximum Gasteiger partial charge on any atom is 0.422 e. The molecule has 0 bridgehead atoms. The first-order chi connectivity index (χ1) is 14.2. The summed E-state index contributed by atoms with van der Waals surface area (Å²) in [6, 6.07) is 10.6. The van der Waals surface area contributed by atoms with Crippen LogP contribution in [-0.2, 0) is 4.79 Å². The number of rotatable bonds is 9. The van der Waals surface area contributed by atoms with Crippen LogP contribution < -0.4 is 19.5 Å². The third-order valence-corrected chi connectivity index (χ3v) is 3.94. The standard InChI is InChI=1S/C20H18ClF3N2O4/c1-28-18-9-13(11-25)4-6-17(18)29-8-2-3-19(27)26-15-10-14(21)5-7-16(15)30-12-20(22,23)24/h4-7,9-10H,2-3,8,12H2,1H3,(H,26,27). The summed E-state index contributed by atoms with van der Waals surface area (Å²) in [4.78, 5) is 12.1. The largest absolute Gasteiger partial charge is 0.493 e. The molecule has 1 amide bonds. The lowest BCUT2D eigenvalue weighted by molar-refractivity contribution is -0.153. The van der Waals surface area contributed by atoms with Gasteiger partial charge in [0.15, 0.2) is 18.1 Å². The molecule has 0 aliphatic rings. The number of carbonyl (C=O) groups excluding carboxylic acids is 1. The number of amides is 1. The highest BCUT2D eigenvalue weighted by atomic mass is 35.5. The highest BCUT2D eigenvalue weighted by Gasteiger charge is 2.29. The Morgan fingerprint density at radius 3 is 2.53 bits per heavy atom. The van der Waals surface area contributed by atoms with Crippen molar-refractivity contribution in [2.24, 2.45) is 0 Å². The van der Waals surface area contributed by atoms with E-state index in [0.29, 0.717) is 23.5 Å². The number of hydrogen-bond donors (Lipinski definition) is 1. The van der Waals surface area contributed by atoms with Gasteiger partial charge in [-0.15, -0.1) is 0 Å². The second-order valence-corrected chi connectivity index (χ2v) is 6.46. The Morgan fingerprint density at radius 2 is 1.87 bits per heavy atom.